The van der Waals surface area contributed by atoms with Crippen LogP contribution in [0.4, 0.5) is 13.2 Å². The lowest BCUT2D eigenvalue weighted by Gasteiger charge is -2.17. The highest BCUT2D eigenvalue weighted by molar-refractivity contribution is 5.94. The van der Waals surface area contributed by atoms with Crippen LogP contribution in [0.2, 0.25) is 0 Å². The monoisotopic (exact) mass is 320 g/mol. The van der Waals surface area contributed by atoms with Crippen molar-refractivity contribution < 1.29 is 18.0 Å². The van der Waals surface area contributed by atoms with E-state index in [0.717, 1.165) is 6.07 Å². The average molecular weight is 320 g/mol. The molecule has 23 heavy (non-hydrogen) atoms. The Morgan fingerprint density at radius 2 is 2.04 bits per heavy atom. The van der Waals surface area contributed by atoms with Crippen molar-refractivity contribution >= 4 is 5.91 Å². The third kappa shape index (κ3) is 3.36. The van der Waals surface area contributed by atoms with Crippen LogP contribution in [0.3, 0.4) is 0 Å². The van der Waals surface area contributed by atoms with Crippen molar-refractivity contribution in [3.05, 3.63) is 65.5 Å². The number of aromatic nitrogens is 1. The minimum absolute atomic E-state index is 0.0714. The molecule has 2 aromatic rings. The van der Waals surface area contributed by atoms with Crippen LogP contribution in [0.5, 0.6) is 0 Å². The summed E-state index contributed by atoms with van der Waals surface area (Å²) in [5.74, 6) is -0.203. The molecule has 1 aromatic carbocycles. The van der Waals surface area contributed by atoms with Crippen LogP contribution in [0.1, 0.15) is 33.8 Å². The van der Waals surface area contributed by atoms with E-state index in [-0.39, 0.29) is 11.8 Å². The molecule has 1 aromatic heterocycles. The summed E-state index contributed by atoms with van der Waals surface area (Å²) in [7, 11) is 0. The highest BCUT2D eigenvalue weighted by Crippen LogP contribution is 2.34. The standard InChI is InChI=1S/C17H15F3N2O/c18-17(19,20)15-5-1-3-12(9-15)14-6-8-22(11-14)16(23)13-4-2-7-21-10-13/h1-5,7,9-10,14H,6,8,11H2/t14-/m0/s1. The molecule has 0 N–H and O–H groups in total. The average Bonchev–Trinajstić information content (AvgIpc) is 3.04. The molecule has 0 aliphatic carbocycles. The molecule has 0 saturated carbocycles. The van der Waals surface area contributed by atoms with Crippen LogP contribution in [-0.4, -0.2) is 28.9 Å². The van der Waals surface area contributed by atoms with Gasteiger partial charge in [-0.1, -0.05) is 18.2 Å². The number of alkyl halides is 3. The van der Waals surface area contributed by atoms with E-state index in [1.165, 1.54) is 18.3 Å². The van der Waals surface area contributed by atoms with Crippen molar-refractivity contribution in [2.75, 3.05) is 13.1 Å². The predicted octanol–water partition coefficient (Wildman–Crippen LogP) is 3.73. The fourth-order valence-electron chi connectivity index (χ4n) is 2.86. The number of rotatable bonds is 2. The molecule has 0 unspecified atom stereocenters. The molecule has 3 rings (SSSR count). The lowest BCUT2D eigenvalue weighted by molar-refractivity contribution is -0.137. The molecule has 1 aliphatic heterocycles. The van der Waals surface area contributed by atoms with Gasteiger partial charge in [-0.05, 0) is 30.2 Å². The number of carbonyl (C=O) groups is 1. The second kappa shape index (κ2) is 6.02. The zero-order chi connectivity index (χ0) is 16.4. The first-order chi connectivity index (χ1) is 10.9. The third-order valence-corrected chi connectivity index (χ3v) is 4.07. The van der Waals surface area contributed by atoms with Gasteiger partial charge in [0.1, 0.15) is 0 Å². The molecule has 3 nitrogen and oxygen atoms in total. The molecule has 0 bridgehead atoms. The number of amides is 1. The van der Waals surface area contributed by atoms with Crippen LogP contribution in [0, 0.1) is 0 Å². The molecular formula is C17H15F3N2O. The lowest BCUT2D eigenvalue weighted by Crippen LogP contribution is -2.28. The van der Waals surface area contributed by atoms with E-state index >= 15 is 0 Å². The van der Waals surface area contributed by atoms with Crippen LogP contribution in [-0.2, 0) is 6.18 Å². The SMILES string of the molecule is O=C(c1cccnc1)N1CC[C@H](c2cccc(C(F)(F)F)c2)C1. The summed E-state index contributed by atoms with van der Waals surface area (Å²) in [6.07, 6.45) is -0.598. The van der Waals surface area contributed by atoms with Gasteiger partial charge in [0.05, 0.1) is 11.1 Å². The maximum Gasteiger partial charge on any atom is 0.416 e. The van der Waals surface area contributed by atoms with E-state index in [1.54, 1.807) is 29.3 Å². The first kappa shape index (κ1) is 15.5. The van der Waals surface area contributed by atoms with Crippen LogP contribution < -0.4 is 0 Å². The number of benzene rings is 1. The van der Waals surface area contributed by atoms with Crippen molar-refractivity contribution in [2.24, 2.45) is 0 Å². The van der Waals surface area contributed by atoms with Crippen molar-refractivity contribution in [1.82, 2.24) is 9.88 Å². The quantitative estimate of drug-likeness (QED) is 0.845. The summed E-state index contributed by atoms with van der Waals surface area (Å²) in [5.41, 5.74) is 0.477. The predicted molar refractivity (Wildman–Crippen MR) is 78.9 cm³/mol. The zero-order valence-corrected chi connectivity index (χ0v) is 12.3. The Bertz CT molecular complexity index is 700. The Hall–Kier alpha value is -2.37. The molecular weight excluding hydrogens is 305 g/mol. The minimum atomic E-state index is -4.35. The van der Waals surface area contributed by atoms with E-state index in [2.05, 4.69) is 4.98 Å². The highest BCUT2D eigenvalue weighted by Gasteiger charge is 2.33. The number of carbonyl (C=O) groups excluding carboxylic acids is 1. The fraction of sp³-hybridized carbons (Fsp3) is 0.294. The summed E-state index contributed by atoms with van der Waals surface area (Å²) in [6, 6.07) is 8.74. The Balaban J connectivity index is 1.74. The molecule has 2 heterocycles. The van der Waals surface area contributed by atoms with Crippen molar-refractivity contribution in [1.29, 1.82) is 0 Å². The summed E-state index contributed by atoms with van der Waals surface area (Å²) in [4.78, 5) is 17.9. The van der Waals surface area contributed by atoms with Gasteiger partial charge in [0.15, 0.2) is 0 Å². The summed E-state index contributed by atoms with van der Waals surface area (Å²) < 4.78 is 38.4. The van der Waals surface area contributed by atoms with E-state index in [4.69, 9.17) is 0 Å². The number of pyridine rings is 1. The molecule has 1 fully saturated rings. The molecule has 0 radical (unpaired) electrons. The second-order valence-corrected chi connectivity index (χ2v) is 5.60. The van der Waals surface area contributed by atoms with Crippen LogP contribution >= 0.6 is 0 Å². The number of halogens is 3. The van der Waals surface area contributed by atoms with Gasteiger partial charge in [0, 0.05) is 31.4 Å². The maximum absolute atomic E-state index is 12.8. The van der Waals surface area contributed by atoms with Gasteiger partial charge in [-0.2, -0.15) is 13.2 Å². The lowest BCUT2D eigenvalue weighted by atomic mass is 9.96. The molecule has 1 aliphatic rings. The number of nitrogens with zero attached hydrogens (tertiary/aromatic N) is 2. The highest BCUT2D eigenvalue weighted by atomic mass is 19.4. The fourth-order valence-corrected chi connectivity index (χ4v) is 2.86. The summed E-state index contributed by atoms with van der Waals surface area (Å²) in [6.45, 7) is 0.962. The number of hydrogen-bond donors (Lipinski definition) is 0. The minimum Gasteiger partial charge on any atom is -0.338 e. The number of likely N-dealkylation sites (tertiary alicyclic amines) is 1. The molecule has 1 saturated heterocycles. The van der Waals surface area contributed by atoms with Gasteiger partial charge < -0.3 is 4.90 Å². The van der Waals surface area contributed by atoms with Gasteiger partial charge in [-0.25, -0.2) is 0 Å². The Morgan fingerprint density at radius 1 is 1.22 bits per heavy atom. The van der Waals surface area contributed by atoms with E-state index in [0.29, 0.717) is 30.6 Å². The first-order valence-corrected chi connectivity index (χ1v) is 7.31. The van der Waals surface area contributed by atoms with Gasteiger partial charge in [-0.15, -0.1) is 0 Å². The van der Waals surface area contributed by atoms with Gasteiger partial charge in [0.2, 0.25) is 0 Å². The van der Waals surface area contributed by atoms with E-state index in [1.807, 2.05) is 0 Å². The summed E-state index contributed by atoms with van der Waals surface area (Å²) >= 11 is 0. The summed E-state index contributed by atoms with van der Waals surface area (Å²) in [5, 5.41) is 0. The molecule has 0 spiro atoms. The van der Waals surface area contributed by atoms with Gasteiger partial charge >= 0.3 is 6.18 Å². The third-order valence-electron chi connectivity index (χ3n) is 4.07. The molecule has 120 valence electrons. The van der Waals surface area contributed by atoms with Crippen LogP contribution in [0.15, 0.2) is 48.8 Å². The van der Waals surface area contributed by atoms with E-state index in [9.17, 15) is 18.0 Å². The largest absolute Gasteiger partial charge is 0.416 e. The molecule has 1 atom stereocenters. The first-order valence-electron chi connectivity index (χ1n) is 7.31. The Morgan fingerprint density at radius 3 is 2.74 bits per heavy atom. The van der Waals surface area contributed by atoms with Crippen LogP contribution in [0.25, 0.3) is 0 Å². The Labute approximate surface area is 131 Å². The van der Waals surface area contributed by atoms with Gasteiger partial charge in [-0.3, -0.25) is 9.78 Å². The van der Waals surface area contributed by atoms with Crippen molar-refractivity contribution in [3.63, 3.8) is 0 Å². The second-order valence-electron chi connectivity index (χ2n) is 5.60. The molecule has 6 heteroatoms. The number of hydrogen-bond acceptors (Lipinski definition) is 2. The molecule has 1 amide bonds. The van der Waals surface area contributed by atoms with E-state index < -0.39 is 11.7 Å². The zero-order valence-electron chi connectivity index (χ0n) is 12.3. The topological polar surface area (TPSA) is 33.2 Å². The smallest absolute Gasteiger partial charge is 0.338 e. The maximum atomic E-state index is 12.8. The van der Waals surface area contributed by atoms with Gasteiger partial charge in [0.25, 0.3) is 5.91 Å². The normalized spacial score (nSPS) is 18.2. The van der Waals surface area contributed by atoms with Crippen molar-refractivity contribution in [3.8, 4) is 0 Å². The Kier molecular flexibility index (Phi) is 4.07. The van der Waals surface area contributed by atoms with Crippen molar-refractivity contribution in [2.45, 2.75) is 18.5 Å².